The van der Waals surface area contributed by atoms with Crippen molar-refractivity contribution in [1.29, 1.82) is 0 Å². The van der Waals surface area contributed by atoms with Crippen LogP contribution in [0.2, 0.25) is 0 Å². The van der Waals surface area contributed by atoms with Gasteiger partial charge in [0, 0.05) is 38.1 Å². The minimum absolute atomic E-state index is 0.0287. The van der Waals surface area contributed by atoms with Gasteiger partial charge in [-0.15, -0.1) is 0 Å². The summed E-state index contributed by atoms with van der Waals surface area (Å²) in [5.74, 6) is 0.0287. The smallest absolute Gasteiger partial charge is 0.251 e. The molecule has 0 radical (unpaired) electrons. The molecule has 0 spiro atoms. The number of carbonyl (C=O) groups is 1. The minimum atomic E-state index is 0.0287. The number of ether oxygens (including phenoxy) is 1. The second-order valence-corrected chi connectivity index (χ2v) is 6.45. The van der Waals surface area contributed by atoms with Gasteiger partial charge >= 0.3 is 0 Å². The maximum Gasteiger partial charge on any atom is 0.251 e. The van der Waals surface area contributed by atoms with Crippen LogP contribution in [0, 0.1) is 5.41 Å². The monoisotopic (exact) mass is 290 g/mol. The number of hydrogen-bond acceptors (Lipinski definition) is 3. The number of anilines is 1. The number of methoxy groups -OCH3 is 1. The maximum absolute atomic E-state index is 12.5. The standard InChI is InChI=1S/C17H26N2O2/c1-17(2,9-11-21-3)12-19-16(20)14-6-4-8-15-13(14)7-5-10-18-15/h4,6,8,18H,5,7,9-12H2,1-3H3,(H,19,20). The van der Waals surface area contributed by atoms with Gasteiger partial charge in [-0.3, -0.25) is 4.79 Å². The summed E-state index contributed by atoms with van der Waals surface area (Å²) in [7, 11) is 1.71. The molecule has 2 rings (SSSR count). The zero-order chi connectivity index (χ0) is 15.3. The SMILES string of the molecule is COCCC(C)(C)CNC(=O)c1cccc2c1CCCN2. The fourth-order valence-electron chi connectivity index (χ4n) is 2.60. The van der Waals surface area contributed by atoms with Crippen LogP contribution in [0.5, 0.6) is 0 Å². The highest BCUT2D eigenvalue weighted by atomic mass is 16.5. The van der Waals surface area contributed by atoms with E-state index >= 15 is 0 Å². The average Bonchev–Trinajstić information content (AvgIpc) is 2.50. The highest BCUT2D eigenvalue weighted by Crippen LogP contribution is 2.25. The maximum atomic E-state index is 12.5. The van der Waals surface area contributed by atoms with E-state index in [-0.39, 0.29) is 11.3 Å². The van der Waals surface area contributed by atoms with Gasteiger partial charge in [-0.2, -0.15) is 0 Å². The number of benzene rings is 1. The van der Waals surface area contributed by atoms with Crippen molar-refractivity contribution < 1.29 is 9.53 Å². The summed E-state index contributed by atoms with van der Waals surface area (Å²) in [6.07, 6.45) is 2.98. The van der Waals surface area contributed by atoms with Crippen molar-refractivity contribution >= 4 is 11.6 Å². The zero-order valence-corrected chi connectivity index (χ0v) is 13.3. The summed E-state index contributed by atoms with van der Waals surface area (Å²) >= 11 is 0. The van der Waals surface area contributed by atoms with Crippen LogP contribution in [0.4, 0.5) is 5.69 Å². The predicted octanol–water partition coefficient (Wildman–Crippen LogP) is 2.84. The van der Waals surface area contributed by atoms with Gasteiger partial charge in [0.1, 0.15) is 0 Å². The van der Waals surface area contributed by atoms with Gasteiger partial charge in [0.2, 0.25) is 0 Å². The number of nitrogens with one attached hydrogen (secondary N) is 2. The summed E-state index contributed by atoms with van der Waals surface area (Å²) in [6, 6.07) is 5.92. The summed E-state index contributed by atoms with van der Waals surface area (Å²) in [5.41, 5.74) is 3.10. The fraction of sp³-hybridized carbons (Fsp3) is 0.588. The summed E-state index contributed by atoms with van der Waals surface area (Å²) in [6.45, 7) is 6.66. The van der Waals surface area contributed by atoms with E-state index in [4.69, 9.17) is 4.74 Å². The molecule has 4 heteroatoms. The largest absolute Gasteiger partial charge is 0.385 e. The third-order valence-electron chi connectivity index (χ3n) is 4.05. The lowest BCUT2D eigenvalue weighted by atomic mass is 9.89. The zero-order valence-electron chi connectivity index (χ0n) is 13.3. The van der Waals surface area contributed by atoms with Crippen molar-refractivity contribution in [3.05, 3.63) is 29.3 Å². The molecule has 0 atom stereocenters. The normalized spacial score (nSPS) is 14.2. The first kappa shape index (κ1) is 15.8. The Kier molecular flexibility index (Phi) is 5.23. The van der Waals surface area contributed by atoms with Crippen LogP contribution in [-0.4, -0.2) is 32.7 Å². The van der Waals surface area contributed by atoms with E-state index in [2.05, 4.69) is 24.5 Å². The molecule has 0 aliphatic carbocycles. The Bertz CT molecular complexity index is 498. The highest BCUT2D eigenvalue weighted by molar-refractivity contribution is 5.97. The first-order valence-electron chi connectivity index (χ1n) is 7.66. The molecule has 116 valence electrons. The molecule has 0 saturated heterocycles. The number of amides is 1. The molecular weight excluding hydrogens is 264 g/mol. The molecule has 0 unspecified atom stereocenters. The lowest BCUT2D eigenvalue weighted by Gasteiger charge is -2.25. The van der Waals surface area contributed by atoms with Crippen LogP contribution in [-0.2, 0) is 11.2 Å². The van der Waals surface area contributed by atoms with E-state index in [0.29, 0.717) is 13.2 Å². The van der Waals surface area contributed by atoms with Crippen molar-refractivity contribution in [3.8, 4) is 0 Å². The van der Waals surface area contributed by atoms with Gasteiger partial charge in [-0.1, -0.05) is 19.9 Å². The number of carbonyl (C=O) groups excluding carboxylic acids is 1. The van der Waals surface area contributed by atoms with E-state index in [0.717, 1.165) is 42.6 Å². The topological polar surface area (TPSA) is 50.4 Å². The molecule has 1 heterocycles. The van der Waals surface area contributed by atoms with Crippen molar-refractivity contribution in [2.24, 2.45) is 5.41 Å². The molecule has 4 nitrogen and oxygen atoms in total. The van der Waals surface area contributed by atoms with Crippen LogP contribution in [0.1, 0.15) is 42.6 Å². The van der Waals surface area contributed by atoms with Crippen LogP contribution < -0.4 is 10.6 Å². The molecule has 21 heavy (non-hydrogen) atoms. The summed E-state index contributed by atoms with van der Waals surface area (Å²) in [5, 5.41) is 6.44. The molecule has 0 saturated carbocycles. The molecule has 0 fully saturated rings. The Morgan fingerprint density at radius 1 is 1.43 bits per heavy atom. The van der Waals surface area contributed by atoms with Gasteiger partial charge in [0.05, 0.1) is 0 Å². The van der Waals surface area contributed by atoms with Crippen LogP contribution in [0.15, 0.2) is 18.2 Å². The van der Waals surface area contributed by atoms with Gasteiger partial charge in [0.25, 0.3) is 5.91 Å². The third kappa shape index (κ3) is 4.21. The molecule has 2 N–H and O–H groups in total. The molecule has 0 aromatic heterocycles. The van der Waals surface area contributed by atoms with Crippen molar-refractivity contribution in [3.63, 3.8) is 0 Å². The van der Waals surface area contributed by atoms with Crippen LogP contribution >= 0.6 is 0 Å². The number of fused-ring (bicyclic) bond motifs is 1. The van der Waals surface area contributed by atoms with Crippen LogP contribution in [0.3, 0.4) is 0 Å². The summed E-state index contributed by atoms with van der Waals surface area (Å²) < 4.78 is 5.12. The number of rotatable bonds is 6. The molecule has 1 amide bonds. The van der Waals surface area contributed by atoms with Crippen molar-refractivity contribution in [2.75, 3.05) is 32.1 Å². The van der Waals surface area contributed by atoms with Gasteiger partial charge in [-0.05, 0) is 42.4 Å². The van der Waals surface area contributed by atoms with E-state index in [9.17, 15) is 4.79 Å². The second kappa shape index (κ2) is 6.94. The molecular formula is C17H26N2O2. The first-order chi connectivity index (χ1) is 10.0. The second-order valence-electron chi connectivity index (χ2n) is 6.45. The highest BCUT2D eigenvalue weighted by Gasteiger charge is 2.21. The molecule has 1 aliphatic rings. The molecule has 1 aliphatic heterocycles. The Morgan fingerprint density at radius 3 is 3.00 bits per heavy atom. The van der Waals surface area contributed by atoms with Gasteiger partial charge < -0.3 is 15.4 Å². The summed E-state index contributed by atoms with van der Waals surface area (Å²) in [4.78, 5) is 12.5. The molecule has 1 aromatic carbocycles. The lowest BCUT2D eigenvalue weighted by molar-refractivity contribution is 0.0920. The first-order valence-corrected chi connectivity index (χ1v) is 7.66. The van der Waals surface area contributed by atoms with Crippen molar-refractivity contribution in [2.45, 2.75) is 33.1 Å². The van der Waals surface area contributed by atoms with Crippen LogP contribution in [0.25, 0.3) is 0 Å². The predicted molar refractivity (Wildman–Crippen MR) is 85.9 cm³/mol. The van der Waals surface area contributed by atoms with Gasteiger partial charge in [0.15, 0.2) is 0 Å². The average molecular weight is 290 g/mol. The third-order valence-corrected chi connectivity index (χ3v) is 4.05. The Morgan fingerprint density at radius 2 is 2.24 bits per heavy atom. The molecule has 0 bridgehead atoms. The van der Waals surface area contributed by atoms with Crippen molar-refractivity contribution in [1.82, 2.24) is 5.32 Å². The Balaban J connectivity index is 2.01. The minimum Gasteiger partial charge on any atom is -0.385 e. The van der Waals surface area contributed by atoms with E-state index in [1.165, 1.54) is 0 Å². The Hall–Kier alpha value is -1.55. The van der Waals surface area contributed by atoms with Gasteiger partial charge in [-0.25, -0.2) is 0 Å². The van der Waals surface area contributed by atoms with E-state index in [1.54, 1.807) is 7.11 Å². The number of hydrogen-bond donors (Lipinski definition) is 2. The molecule has 1 aromatic rings. The lowest BCUT2D eigenvalue weighted by Crippen LogP contribution is -2.35. The quantitative estimate of drug-likeness (QED) is 0.847. The van der Waals surface area contributed by atoms with E-state index < -0.39 is 0 Å². The Labute approximate surface area is 127 Å². The van der Waals surface area contributed by atoms with E-state index in [1.807, 2.05) is 18.2 Å². The fourth-order valence-corrected chi connectivity index (χ4v) is 2.60.